The van der Waals surface area contributed by atoms with Gasteiger partial charge in [-0.05, 0) is 43.5 Å². The van der Waals surface area contributed by atoms with Crippen LogP contribution < -0.4 is 10.5 Å². The molecule has 0 unspecified atom stereocenters. The molecule has 1 aromatic rings. The van der Waals surface area contributed by atoms with Crippen molar-refractivity contribution in [1.82, 2.24) is 4.90 Å². The summed E-state index contributed by atoms with van der Waals surface area (Å²) in [4.78, 5) is 2.41. The van der Waals surface area contributed by atoms with Crippen molar-refractivity contribution in [3.8, 4) is 5.75 Å². The second kappa shape index (κ2) is 6.61. The quantitative estimate of drug-likeness (QED) is 0.346. The molecule has 5 nitrogen and oxygen atoms in total. The Hall–Kier alpha value is -1.75. The monoisotopic (exact) mass is 277 g/mol. The summed E-state index contributed by atoms with van der Waals surface area (Å²) < 4.78 is 5.41. The fraction of sp³-hybridized carbons (Fsp3) is 0.533. The van der Waals surface area contributed by atoms with Gasteiger partial charge in [0.25, 0.3) is 0 Å². The highest BCUT2D eigenvalue weighted by Crippen LogP contribution is 2.31. The van der Waals surface area contributed by atoms with Gasteiger partial charge < -0.3 is 15.7 Å². The van der Waals surface area contributed by atoms with Gasteiger partial charge in [-0.3, -0.25) is 4.90 Å². The number of nitrogens with two attached hydrogens (primary N) is 1. The fourth-order valence-electron chi connectivity index (χ4n) is 2.33. The van der Waals surface area contributed by atoms with E-state index in [4.69, 9.17) is 15.7 Å². The molecule has 5 heteroatoms. The summed E-state index contributed by atoms with van der Waals surface area (Å²) in [6.45, 7) is 5.13. The van der Waals surface area contributed by atoms with E-state index >= 15 is 0 Å². The van der Waals surface area contributed by atoms with Crippen LogP contribution in [0.3, 0.4) is 0 Å². The Morgan fingerprint density at radius 1 is 1.50 bits per heavy atom. The molecule has 0 amide bonds. The molecular formula is C15H23N3O2. The highest BCUT2D eigenvalue weighted by atomic mass is 16.5. The van der Waals surface area contributed by atoms with E-state index in [1.807, 2.05) is 12.1 Å². The van der Waals surface area contributed by atoms with Gasteiger partial charge in [-0.1, -0.05) is 12.1 Å². The molecule has 0 aromatic heterocycles. The fourth-order valence-corrected chi connectivity index (χ4v) is 2.33. The minimum atomic E-state index is 0.124. The molecule has 3 N–H and O–H groups in total. The van der Waals surface area contributed by atoms with Crippen LogP contribution in [0.5, 0.6) is 5.75 Å². The van der Waals surface area contributed by atoms with Crippen molar-refractivity contribution in [1.29, 1.82) is 0 Å². The summed E-state index contributed by atoms with van der Waals surface area (Å²) in [6, 6.07) is 5.60. The molecular weight excluding hydrogens is 254 g/mol. The summed E-state index contributed by atoms with van der Waals surface area (Å²) in [6.07, 6.45) is 2.69. The predicted molar refractivity (Wildman–Crippen MR) is 79.2 cm³/mol. The zero-order chi connectivity index (χ0) is 14.5. The molecule has 1 saturated carbocycles. The van der Waals surface area contributed by atoms with E-state index in [1.54, 1.807) is 13.2 Å². The van der Waals surface area contributed by atoms with E-state index in [-0.39, 0.29) is 5.84 Å². The Kier molecular flexibility index (Phi) is 4.84. The van der Waals surface area contributed by atoms with E-state index in [0.29, 0.717) is 5.56 Å². The largest absolute Gasteiger partial charge is 0.496 e. The molecule has 1 fully saturated rings. The van der Waals surface area contributed by atoms with Crippen LogP contribution in [0.15, 0.2) is 23.4 Å². The highest BCUT2D eigenvalue weighted by Gasteiger charge is 2.24. The first kappa shape index (κ1) is 14.7. The van der Waals surface area contributed by atoms with Gasteiger partial charge in [0.2, 0.25) is 0 Å². The maximum atomic E-state index is 8.78. The number of hydrogen-bond donors (Lipinski definition) is 2. The molecule has 0 atom stereocenters. The van der Waals surface area contributed by atoms with Crippen molar-refractivity contribution >= 4 is 5.84 Å². The molecule has 0 aliphatic heterocycles. The van der Waals surface area contributed by atoms with Gasteiger partial charge in [0.05, 0.1) is 7.11 Å². The van der Waals surface area contributed by atoms with E-state index in [0.717, 1.165) is 36.9 Å². The summed E-state index contributed by atoms with van der Waals surface area (Å²) in [5.74, 6) is 1.82. The van der Waals surface area contributed by atoms with E-state index in [2.05, 4.69) is 17.0 Å². The average Bonchev–Trinajstić information content (AvgIpc) is 3.29. The maximum absolute atomic E-state index is 8.78. The molecule has 0 heterocycles. The van der Waals surface area contributed by atoms with Crippen LogP contribution in [0.25, 0.3) is 0 Å². The molecule has 1 aromatic carbocycles. The number of nitrogens with zero attached hydrogens (tertiary/aromatic N) is 2. The minimum Gasteiger partial charge on any atom is -0.496 e. The van der Waals surface area contributed by atoms with Crippen molar-refractivity contribution in [3.63, 3.8) is 0 Å². The average molecular weight is 277 g/mol. The van der Waals surface area contributed by atoms with Crippen LogP contribution in [0.2, 0.25) is 0 Å². The summed E-state index contributed by atoms with van der Waals surface area (Å²) in [7, 11) is 1.67. The van der Waals surface area contributed by atoms with Gasteiger partial charge in [-0.15, -0.1) is 0 Å². The molecule has 1 aliphatic rings. The standard InChI is InChI=1S/C15H23N3O2/c1-3-18(9-11-4-5-11)10-13-8-12(15(16)17-19)6-7-14(13)20-2/h6-8,11,19H,3-5,9-10H2,1-2H3,(H2,16,17). The Morgan fingerprint density at radius 2 is 2.25 bits per heavy atom. The number of hydrogen-bond acceptors (Lipinski definition) is 4. The van der Waals surface area contributed by atoms with Crippen molar-refractivity contribution < 1.29 is 9.94 Å². The second-order valence-corrected chi connectivity index (χ2v) is 5.28. The van der Waals surface area contributed by atoms with Gasteiger partial charge in [-0.2, -0.15) is 0 Å². The number of rotatable bonds is 7. The molecule has 1 aliphatic carbocycles. The third kappa shape index (κ3) is 3.63. The lowest BCUT2D eigenvalue weighted by atomic mass is 10.1. The number of methoxy groups -OCH3 is 1. The molecule has 110 valence electrons. The van der Waals surface area contributed by atoms with Gasteiger partial charge >= 0.3 is 0 Å². The summed E-state index contributed by atoms with van der Waals surface area (Å²) in [5, 5.41) is 11.8. The number of ether oxygens (including phenoxy) is 1. The smallest absolute Gasteiger partial charge is 0.170 e. The number of oxime groups is 1. The van der Waals surface area contributed by atoms with Crippen LogP contribution in [0, 0.1) is 5.92 Å². The van der Waals surface area contributed by atoms with Crippen LogP contribution in [0.1, 0.15) is 30.9 Å². The molecule has 2 rings (SSSR count). The lowest BCUT2D eigenvalue weighted by Crippen LogP contribution is -2.25. The van der Waals surface area contributed by atoms with E-state index in [1.165, 1.54) is 12.8 Å². The van der Waals surface area contributed by atoms with Crippen LogP contribution in [-0.4, -0.2) is 36.1 Å². The van der Waals surface area contributed by atoms with Crippen LogP contribution in [-0.2, 0) is 6.54 Å². The first-order valence-electron chi connectivity index (χ1n) is 7.05. The van der Waals surface area contributed by atoms with E-state index in [9.17, 15) is 0 Å². The van der Waals surface area contributed by atoms with Gasteiger partial charge in [0, 0.05) is 24.2 Å². The first-order valence-corrected chi connectivity index (χ1v) is 7.05. The van der Waals surface area contributed by atoms with E-state index < -0.39 is 0 Å². The summed E-state index contributed by atoms with van der Waals surface area (Å²) >= 11 is 0. The normalized spacial score (nSPS) is 15.7. The number of amidine groups is 1. The van der Waals surface area contributed by atoms with Crippen LogP contribution in [0.4, 0.5) is 0 Å². The van der Waals surface area contributed by atoms with Crippen molar-refractivity contribution in [2.24, 2.45) is 16.8 Å². The second-order valence-electron chi connectivity index (χ2n) is 5.28. The van der Waals surface area contributed by atoms with Gasteiger partial charge in [0.1, 0.15) is 5.75 Å². The molecule has 0 spiro atoms. The van der Waals surface area contributed by atoms with Crippen molar-refractivity contribution in [3.05, 3.63) is 29.3 Å². The SMILES string of the molecule is CCN(Cc1cc(/C(N)=N/O)ccc1OC)CC1CC1. The zero-order valence-corrected chi connectivity index (χ0v) is 12.2. The Balaban J connectivity index is 2.17. The van der Waals surface area contributed by atoms with Crippen molar-refractivity contribution in [2.75, 3.05) is 20.2 Å². The molecule has 0 radical (unpaired) electrons. The first-order chi connectivity index (χ1) is 9.67. The van der Waals surface area contributed by atoms with Gasteiger partial charge in [-0.25, -0.2) is 0 Å². The third-order valence-electron chi connectivity index (χ3n) is 3.74. The predicted octanol–water partition coefficient (Wildman–Crippen LogP) is 2.02. The highest BCUT2D eigenvalue weighted by molar-refractivity contribution is 5.97. The Morgan fingerprint density at radius 3 is 2.80 bits per heavy atom. The Bertz CT molecular complexity index is 484. The molecule has 0 saturated heterocycles. The van der Waals surface area contributed by atoms with Crippen molar-refractivity contribution in [2.45, 2.75) is 26.3 Å². The third-order valence-corrected chi connectivity index (χ3v) is 3.74. The molecule has 20 heavy (non-hydrogen) atoms. The zero-order valence-electron chi connectivity index (χ0n) is 12.2. The molecule has 0 bridgehead atoms. The lowest BCUT2D eigenvalue weighted by Gasteiger charge is -2.22. The van der Waals surface area contributed by atoms with Crippen LogP contribution >= 0.6 is 0 Å². The Labute approximate surface area is 120 Å². The summed E-state index contributed by atoms with van der Waals surface area (Å²) in [5.41, 5.74) is 7.44. The maximum Gasteiger partial charge on any atom is 0.170 e. The number of benzene rings is 1. The van der Waals surface area contributed by atoms with Gasteiger partial charge in [0.15, 0.2) is 5.84 Å². The minimum absolute atomic E-state index is 0.124. The topological polar surface area (TPSA) is 71.1 Å². The lowest BCUT2D eigenvalue weighted by molar-refractivity contribution is 0.263.